The lowest BCUT2D eigenvalue weighted by Gasteiger charge is -2.34. The third-order valence-electron chi connectivity index (χ3n) is 4.16. The molecule has 0 spiro atoms. The summed E-state index contributed by atoms with van der Waals surface area (Å²) in [4.78, 5) is 18.0. The molecule has 0 bridgehead atoms. The van der Waals surface area contributed by atoms with Gasteiger partial charge in [0, 0.05) is 31.5 Å². The van der Waals surface area contributed by atoms with E-state index in [2.05, 4.69) is 23.3 Å². The van der Waals surface area contributed by atoms with Crippen LogP contribution in [0.25, 0.3) is 0 Å². The predicted molar refractivity (Wildman–Crippen MR) is 91.2 cm³/mol. The van der Waals surface area contributed by atoms with Crippen LogP contribution >= 0.6 is 0 Å². The van der Waals surface area contributed by atoms with Gasteiger partial charge < -0.3 is 15.0 Å². The number of hydrogen-bond donors (Lipinski definition) is 1. The largest absolute Gasteiger partial charge is 0.444 e. The van der Waals surface area contributed by atoms with Crippen molar-refractivity contribution in [2.75, 3.05) is 19.6 Å². The highest BCUT2D eigenvalue weighted by Gasteiger charge is 2.26. The van der Waals surface area contributed by atoms with Crippen molar-refractivity contribution in [1.82, 2.24) is 15.2 Å². The number of hydrogen-bond acceptors (Lipinski definition) is 4. The number of amides is 1. The Hall–Kier alpha value is -1.62. The zero-order valence-corrected chi connectivity index (χ0v) is 14.7. The quantitative estimate of drug-likeness (QED) is 0.924. The van der Waals surface area contributed by atoms with Gasteiger partial charge in [0.05, 0.1) is 0 Å². The molecule has 0 saturated carbocycles. The Kier molecular flexibility index (Phi) is 5.99. The molecule has 1 fully saturated rings. The van der Waals surface area contributed by atoms with Crippen LogP contribution in [0, 0.1) is 5.92 Å². The van der Waals surface area contributed by atoms with Crippen LogP contribution in [0.15, 0.2) is 24.5 Å². The molecule has 0 unspecified atom stereocenters. The van der Waals surface area contributed by atoms with Gasteiger partial charge in [-0.2, -0.15) is 0 Å². The molecule has 23 heavy (non-hydrogen) atoms. The molecule has 1 aliphatic heterocycles. The molecular formula is C18H29N3O2. The first kappa shape index (κ1) is 17.7. The predicted octanol–water partition coefficient (Wildman–Crippen LogP) is 3.38. The number of carbonyl (C=O) groups excluding carboxylic acids is 1. The SMILES string of the molecule is C[C@@H](NCC1CCN(C(=O)OC(C)(C)C)CC1)c1cccnc1. The Labute approximate surface area is 139 Å². The number of likely N-dealkylation sites (tertiary alicyclic amines) is 1. The van der Waals surface area contributed by atoms with E-state index in [1.165, 1.54) is 5.56 Å². The van der Waals surface area contributed by atoms with Gasteiger partial charge in [-0.05, 0) is 64.6 Å². The number of carbonyl (C=O) groups is 1. The Balaban J connectivity index is 1.72. The van der Waals surface area contributed by atoms with Crippen LogP contribution in [0.4, 0.5) is 4.79 Å². The molecule has 1 atom stereocenters. The van der Waals surface area contributed by atoms with E-state index in [1.807, 2.05) is 37.9 Å². The Morgan fingerprint density at radius 3 is 2.70 bits per heavy atom. The van der Waals surface area contributed by atoms with Crippen LogP contribution in [0.3, 0.4) is 0 Å². The van der Waals surface area contributed by atoms with E-state index in [0.29, 0.717) is 12.0 Å². The fourth-order valence-corrected chi connectivity index (χ4v) is 2.74. The molecule has 1 aliphatic rings. The lowest BCUT2D eigenvalue weighted by molar-refractivity contribution is 0.0183. The molecule has 2 rings (SSSR count). The average molecular weight is 319 g/mol. The monoisotopic (exact) mass is 319 g/mol. The lowest BCUT2D eigenvalue weighted by Crippen LogP contribution is -2.43. The highest BCUT2D eigenvalue weighted by Crippen LogP contribution is 2.20. The van der Waals surface area contributed by atoms with Crippen molar-refractivity contribution in [3.05, 3.63) is 30.1 Å². The van der Waals surface area contributed by atoms with Crippen molar-refractivity contribution >= 4 is 6.09 Å². The molecule has 1 aromatic rings. The second-order valence-corrected chi connectivity index (χ2v) is 7.33. The third kappa shape index (κ3) is 5.82. The number of ether oxygens (including phenoxy) is 1. The van der Waals surface area contributed by atoms with Gasteiger partial charge >= 0.3 is 6.09 Å². The Morgan fingerprint density at radius 2 is 2.13 bits per heavy atom. The van der Waals surface area contributed by atoms with Crippen LogP contribution < -0.4 is 5.32 Å². The molecule has 1 saturated heterocycles. The summed E-state index contributed by atoms with van der Waals surface area (Å²) in [5.74, 6) is 0.604. The molecule has 0 aromatic carbocycles. The van der Waals surface area contributed by atoms with Crippen LogP contribution in [-0.2, 0) is 4.74 Å². The van der Waals surface area contributed by atoms with Gasteiger partial charge in [0.25, 0.3) is 0 Å². The van der Waals surface area contributed by atoms with E-state index in [4.69, 9.17) is 4.74 Å². The van der Waals surface area contributed by atoms with Crippen molar-refractivity contribution < 1.29 is 9.53 Å². The molecule has 1 N–H and O–H groups in total. The zero-order valence-electron chi connectivity index (χ0n) is 14.7. The number of rotatable bonds is 4. The lowest BCUT2D eigenvalue weighted by atomic mass is 9.96. The normalized spacial score (nSPS) is 17.8. The average Bonchev–Trinajstić information content (AvgIpc) is 2.52. The number of aromatic nitrogens is 1. The topological polar surface area (TPSA) is 54.5 Å². The van der Waals surface area contributed by atoms with E-state index < -0.39 is 5.60 Å². The molecule has 1 aromatic heterocycles. The van der Waals surface area contributed by atoms with E-state index >= 15 is 0 Å². The smallest absolute Gasteiger partial charge is 0.410 e. The first-order valence-corrected chi connectivity index (χ1v) is 8.46. The highest BCUT2D eigenvalue weighted by atomic mass is 16.6. The van der Waals surface area contributed by atoms with Crippen LogP contribution in [0.5, 0.6) is 0 Å². The minimum atomic E-state index is -0.422. The van der Waals surface area contributed by atoms with Gasteiger partial charge in [-0.25, -0.2) is 4.79 Å². The van der Waals surface area contributed by atoms with Gasteiger partial charge in [0.15, 0.2) is 0 Å². The van der Waals surface area contributed by atoms with Crippen molar-refractivity contribution in [2.45, 2.75) is 52.2 Å². The van der Waals surface area contributed by atoms with Crippen molar-refractivity contribution in [3.8, 4) is 0 Å². The van der Waals surface area contributed by atoms with Gasteiger partial charge in [-0.3, -0.25) is 4.98 Å². The van der Waals surface area contributed by atoms with E-state index in [9.17, 15) is 4.79 Å². The Bertz CT molecular complexity index is 491. The molecule has 2 heterocycles. The van der Waals surface area contributed by atoms with E-state index in [0.717, 1.165) is 32.5 Å². The number of nitrogens with zero attached hydrogens (tertiary/aromatic N) is 2. The van der Waals surface area contributed by atoms with Crippen molar-refractivity contribution in [1.29, 1.82) is 0 Å². The number of nitrogens with one attached hydrogen (secondary N) is 1. The summed E-state index contributed by atoms with van der Waals surface area (Å²) in [5, 5.41) is 3.58. The van der Waals surface area contributed by atoms with E-state index in [-0.39, 0.29) is 6.09 Å². The second kappa shape index (κ2) is 7.77. The maximum absolute atomic E-state index is 12.1. The molecule has 128 valence electrons. The summed E-state index contributed by atoms with van der Waals surface area (Å²) in [6.07, 6.45) is 5.55. The molecule has 0 aliphatic carbocycles. The summed E-state index contributed by atoms with van der Waals surface area (Å²) in [7, 11) is 0. The van der Waals surface area contributed by atoms with Crippen LogP contribution in [0.1, 0.15) is 52.1 Å². The van der Waals surface area contributed by atoms with Crippen LogP contribution in [0.2, 0.25) is 0 Å². The molecule has 5 nitrogen and oxygen atoms in total. The zero-order chi connectivity index (χ0) is 16.9. The summed E-state index contributed by atoms with van der Waals surface area (Å²) in [5.41, 5.74) is 0.785. The minimum Gasteiger partial charge on any atom is -0.444 e. The second-order valence-electron chi connectivity index (χ2n) is 7.33. The first-order chi connectivity index (χ1) is 10.8. The highest BCUT2D eigenvalue weighted by molar-refractivity contribution is 5.68. The molecular weight excluding hydrogens is 290 g/mol. The summed E-state index contributed by atoms with van der Waals surface area (Å²) < 4.78 is 5.43. The van der Waals surface area contributed by atoms with E-state index in [1.54, 1.807) is 6.20 Å². The summed E-state index contributed by atoms with van der Waals surface area (Å²) in [6, 6.07) is 4.36. The molecule has 0 radical (unpaired) electrons. The molecule has 1 amide bonds. The van der Waals surface area contributed by atoms with Crippen molar-refractivity contribution in [2.24, 2.45) is 5.92 Å². The molecule has 5 heteroatoms. The number of piperidine rings is 1. The van der Waals surface area contributed by atoms with Gasteiger partial charge in [-0.15, -0.1) is 0 Å². The Morgan fingerprint density at radius 1 is 1.43 bits per heavy atom. The summed E-state index contributed by atoms with van der Waals surface area (Å²) >= 11 is 0. The first-order valence-electron chi connectivity index (χ1n) is 8.46. The van der Waals surface area contributed by atoms with Crippen LogP contribution in [-0.4, -0.2) is 41.2 Å². The maximum Gasteiger partial charge on any atom is 0.410 e. The minimum absolute atomic E-state index is 0.187. The third-order valence-corrected chi connectivity index (χ3v) is 4.16. The van der Waals surface area contributed by atoms with Gasteiger partial charge in [-0.1, -0.05) is 6.07 Å². The van der Waals surface area contributed by atoms with Gasteiger partial charge in [0.1, 0.15) is 5.60 Å². The standard InChI is InChI=1S/C18H29N3O2/c1-14(16-6-5-9-19-13-16)20-12-15-7-10-21(11-8-15)17(22)23-18(2,3)4/h5-6,9,13-15,20H,7-8,10-12H2,1-4H3/t14-/m1/s1. The fraction of sp³-hybridized carbons (Fsp3) is 0.667. The van der Waals surface area contributed by atoms with Crippen molar-refractivity contribution in [3.63, 3.8) is 0 Å². The maximum atomic E-state index is 12.1. The summed E-state index contributed by atoms with van der Waals surface area (Å²) in [6.45, 7) is 10.4. The van der Waals surface area contributed by atoms with Gasteiger partial charge in [0.2, 0.25) is 0 Å². The number of pyridine rings is 1. The fourth-order valence-electron chi connectivity index (χ4n) is 2.74.